The van der Waals surface area contributed by atoms with Crippen LogP contribution in [0.25, 0.3) is 0 Å². The van der Waals surface area contributed by atoms with E-state index >= 15 is 0 Å². The van der Waals surface area contributed by atoms with Crippen molar-refractivity contribution in [1.29, 1.82) is 0 Å². The van der Waals surface area contributed by atoms with Crippen molar-refractivity contribution in [2.45, 2.75) is 38.5 Å². The number of halogens is 1. The average molecular weight is 315 g/mol. The van der Waals surface area contributed by atoms with Crippen molar-refractivity contribution < 1.29 is 9.47 Å². The Morgan fingerprint density at radius 2 is 2.10 bits per heavy atom. The van der Waals surface area contributed by atoms with Gasteiger partial charge in [0.25, 0.3) is 0 Å². The van der Waals surface area contributed by atoms with Crippen molar-refractivity contribution in [3.63, 3.8) is 0 Å². The van der Waals surface area contributed by atoms with Crippen LogP contribution in [0, 0.1) is 6.92 Å². The Bertz CT molecular complexity index is 442. The zero-order chi connectivity index (χ0) is 14.5. The second-order valence-corrected chi connectivity index (χ2v) is 5.55. The minimum absolute atomic E-state index is 0. The van der Waals surface area contributed by atoms with Gasteiger partial charge in [0.1, 0.15) is 5.75 Å². The first-order chi connectivity index (χ1) is 9.67. The van der Waals surface area contributed by atoms with Gasteiger partial charge in [-0.25, -0.2) is 0 Å². The Morgan fingerprint density at radius 1 is 1.33 bits per heavy atom. The van der Waals surface area contributed by atoms with Crippen LogP contribution in [0.5, 0.6) is 5.75 Å². The quantitative estimate of drug-likeness (QED) is 0.906. The summed E-state index contributed by atoms with van der Waals surface area (Å²) in [6, 6.07) is 6.80. The molecule has 0 radical (unpaired) electrons. The van der Waals surface area contributed by atoms with Gasteiger partial charge < -0.3 is 15.2 Å². The molecule has 1 heterocycles. The second-order valence-electron chi connectivity index (χ2n) is 5.55. The first kappa shape index (κ1) is 18.2. The molecule has 21 heavy (non-hydrogen) atoms. The van der Waals surface area contributed by atoms with Crippen LogP contribution in [0.3, 0.4) is 0 Å². The molecule has 0 aromatic heterocycles. The monoisotopic (exact) mass is 314 g/mol. The standard InChI is InChI=1S/C16H26N2O2.ClH/c1-12-8-13(4-5-16(12)20-3)11-18-7-6-15(19-2)9-14(18)10-17;/h4-5,8,14-15H,6-7,9-11,17H2,1-3H3;1H. The number of ether oxygens (including phenoxy) is 2. The molecule has 0 spiro atoms. The highest BCUT2D eigenvalue weighted by molar-refractivity contribution is 5.85. The van der Waals surface area contributed by atoms with E-state index in [1.54, 1.807) is 14.2 Å². The van der Waals surface area contributed by atoms with Crippen molar-refractivity contribution in [1.82, 2.24) is 4.90 Å². The van der Waals surface area contributed by atoms with Gasteiger partial charge in [-0.05, 0) is 37.0 Å². The molecule has 4 nitrogen and oxygen atoms in total. The number of hydrogen-bond donors (Lipinski definition) is 1. The molecule has 120 valence electrons. The van der Waals surface area contributed by atoms with E-state index in [-0.39, 0.29) is 12.4 Å². The van der Waals surface area contributed by atoms with E-state index in [9.17, 15) is 0 Å². The smallest absolute Gasteiger partial charge is 0.121 e. The lowest BCUT2D eigenvalue weighted by Crippen LogP contribution is -2.47. The molecule has 2 atom stereocenters. The van der Waals surface area contributed by atoms with Crippen LogP contribution in [0.2, 0.25) is 0 Å². The van der Waals surface area contributed by atoms with Gasteiger partial charge in [-0.2, -0.15) is 0 Å². The molecule has 2 N–H and O–H groups in total. The first-order valence-corrected chi connectivity index (χ1v) is 7.28. The molecule has 2 rings (SSSR count). The normalized spacial score (nSPS) is 22.7. The van der Waals surface area contributed by atoms with Crippen LogP contribution < -0.4 is 10.5 Å². The topological polar surface area (TPSA) is 47.7 Å². The molecule has 5 heteroatoms. The van der Waals surface area contributed by atoms with E-state index in [0.717, 1.165) is 31.7 Å². The molecule has 1 aliphatic rings. The SMILES string of the molecule is COc1ccc(CN2CCC(OC)CC2CN)cc1C.Cl. The van der Waals surface area contributed by atoms with Crippen molar-refractivity contribution in [3.05, 3.63) is 29.3 Å². The van der Waals surface area contributed by atoms with E-state index in [0.29, 0.717) is 18.7 Å². The second kappa shape index (κ2) is 8.59. The Balaban J connectivity index is 0.00000220. The Morgan fingerprint density at radius 3 is 2.67 bits per heavy atom. The van der Waals surface area contributed by atoms with Gasteiger partial charge in [0.2, 0.25) is 0 Å². The highest BCUT2D eigenvalue weighted by atomic mass is 35.5. The zero-order valence-corrected chi connectivity index (χ0v) is 14.0. The number of aryl methyl sites for hydroxylation is 1. The number of piperidine rings is 1. The van der Waals surface area contributed by atoms with E-state index in [1.807, 2.05) is 6.07 Å². The number of benzene rings is 1. The molecule has 1 fully saturated rings. The summed E-state index contributed by atoms with van der Waals surface area (Å²) < 4.78 is 10.8. The van der Waals surface area contributed by atoms with Crippen molar-refractivity contribution in [3.8, 4) is 5.75 Å². The summed E-state index contributed by atoms with van der Waals surface area (Å²) >= 11 is 0. The molecule has 1 aliphatic heterocycles. The molecular weight excluding hydrogens is 288 g/mol. The maximum absolute atomic E-state index is 5.92. The third-order valence-corrected chi connectivity index (χ3v) is 4.24. The third-order valence-electron chi connectivity index (χ3n) is 4.24. The first-order valence-electron chi connectivity index (χ1n) is 7.28. The average Bonchev–Trinajstić information content (AvgIpc) is 2.48. The predicted molar refractivity (Wildman–Crippen MR) is 88.3 cm³/mol. The molecular formula is C16H27ClN2O2. The Hall–Kier alpha value is -0.810. The van der Waals surface area contributed by atoms with Gasteiger partial charge in [0, 0.05) is 32.8 Å². The van der Waals surface area contributed by atoms with Crippen LogP contribution in [0.4, 0.5) is 0 Å². The van der Waals surface area contributed by atoms with Gasteiger partial charge >= 0.3 is 0 Å². The molecule has 0 aliphatic carbocycles. The fourth-order valence-corrected chi connectivity index (χ4v) is 3.00. The van der Waals surface area contributed by atoms with Crippen LogP contribution in [0.15, 0.2) is 18.2 Å². The summed E-state index contributed by atoms with van der Waals surface area (Å²) in [4.78, 5) is 2.47. The largest absolute Gasteiger partial charge is 0.496 e. The lowest BCUT2D eigenvalue weighted by Gasteiger charge is -2.38. The van der Waals surface area contributed by atoms with Gasteiger partial charge in [0.15, 0.2) is 0 Å². The molecule has 2 unspecified atom stereocenters. The number of nitrogens with two attached hydrogens (primary N) is 1. The number of nitrogens with zero attached hydrogens (tertiary/aromatic N) is 1. The fraction of sp³-hybridized carbons (Fsp3) is 0.625. The number of rotatable bonds is 5. The van der Waals surface area contributed by atoms with E-state index in [4.69, 9.17) is 15.2 Å². The number of methoxy groups -OCH3 is 2. The minimum Gasteiger partial charge on any atom is -0.496 e. The molecule has 1 aromatic carbocycles. The highest BCUT2D eigenvalue weighted by Gasteiger charge is 2.27. The lowest BCUT2D eigenvalue weighted by molar-refractivity contribution is 0.0102. The number of likely N-dealkylation sites (tertiary alicyclic amines) is 1. The van der Waals surface area contributed by atoms with Crippen LogP contribution in [-0.2, 0) is 11.3 Å². The summed E-state index contributed by atoms with van der Waals surface area (Å²) in [5.74, 6) is 0.946. The van der Waals surface area contributed by atoms with E-state index in [2.05, 4.69) is 24.0 Å². The molecule has 1 aromatic rings. The molecule has 1 saturated heterocycles. The van der Waals surface area contributed by atoms with Crippen molar-refractivity contribution in [2.24, 2.45) is 5.73 Å². The van der Waals surface area contributed by atoms with Crippen molar-refractivity contribution in [2.75, 3.05) is 27.3 Å². The minimum atomic E-state index is 0. The van der Waals surface area contributed by atoms with E-state index in [1.165, 1.54) is 11.1 Å². The molecule has 0 saturated carbocycles. The zero-order valence-electron chi connectivity index (χ0n) is 13.2. The highest BCUT2D eigenvalue weighted by Crippen LogP contribution is 2.24. The van der Waals surface area contributed by atoms with Crippen LogP contribution in [-0.4, -0.2) is 44.4 Å². The van der Waals surface area contributed by atoms with Gasteiger partial charge in [-0.15, -0.1) is 12.4 Å². The summed E-state index contributed by atoms with van der Waals surface area (Å²) in [5, 5.41) is 0. The summed E-state index contributed by atoms with van der Waals surface area (Å²) in [6.07, 6.45) is 2.47. The third kappa shape index (κ3) is 4.58. The number of hydrogen-bond acceptors (Lipinski definition) is 4. The van der Waals surface area contributed by atoms with Crippen LogP contribution >= 0.6 is 12.4 Å². The Labute approximate surface area is 134 Å². The maximum Gasteiger partial charge on any atom is 0.121 e. The van der Waals surface area contributed by atoms with E-state index < -0.39 is 0 Å². The lowest BCUT2D eigenvalue weighted by atomic mass is 9.98. The van der Waals surface area contributed by atoms with Gasteiger partial charge in [-0.3, -0.25) is 4.90 Å². The van der Waals surface area contributed by atoms with Crippen LogP contribution in [0.1, 0.15) is 24.0 Å². The summed E-state index contributed by atoms with van der Waals surface area (Å²) in [5.41, 5.74) is 8.42. The maximum atomic E-state index is 5.92. The van der Waals surface area contributed by atoms with Crippen molar-refractivity contribution >= 4 is 12.4 Å². The fourth-order valence-electron chi connectivity index (χ4n) is 3.00. The summed E-state index contributed by atoms with van der Waals surface area (Å²) in [7, 11) is 3.50. The predicted octanol–water partition coefficient (Wildman–Crippen LogP) is 2.36. The summed E-state index contributed by atoms with van der Waals surface area (Å²) in [6.45, 7) is 4.77. The van der Waals surface area contributed by atoms with Gasteiger partial charge in [0.05, 0.1) is 13.2 Å². The molecule has 0 amide bonds. The van der Waals surface area contributed by atoms with Gasteiger partial charge in [-0.1, -0.05) is 12.1 Å². The molecule has 0 bridgehead atoms. The Kier molecular flexibility index (Phi) is 7.46.